The van der Waals surface area contributed by atoms with Crippen LogP contribution < -0.4 is 4.74 Å². The van der Waals surface area contributed by atoms with Crippen molar-refractivity contribution in [1.29, 1.82) is 0 Å². The van der Waals surface area contributed by atoms with E-state index in [1.165, 1.54) is 0 Å². The van der Waals surface area contributed by atoms with Crippen LogP contribution in [0, 0.1) is 0 Å². The number of carbonyl (C=O) groups excluding carboxylic acids is 1. The Balaban J connectivity index is 2.07. The van der Waals surface area contributed by atoms with Gasteiger partial charge >= 0.3 is 0 Å². The first-order valence-corrected chi connectivity index (χ1v) is 6.21. The number of oxime groups is 1. The van der Waals surface area contributed by atoms with Gasteiger partial charge < -0.3 is 9.94 Å². The molecule has 0 radical (unpaired) electrons. The van der Waals surface area contributed by atoms with Crippen LogP contribution in [0.3, 0.4) is 0 Å². The van der Waals surface area contributed by atoms with Crippen LogP contribution in [0.2, 0.25) is 0 Å². The van der Waals surface area contributed by atoms with Crippen molar-refractivity contribution in [3.05, 3.63) is 59.9 Å². The summed E-state index contributed by atoms with van der Waals surface area (Å²) in [7, 11) is 0. The number of ether oxygens (including phenoxy) is 1. The fourth-order valence-electron chi connectivity index (χ4n) is 2.21. The van der Waals surface area contributed by atoms with Crippen molar-refractivity contribution >= 4 is 11.5 Å². The van der Waals surface area contributed by atoms with Crippen molar-refractivity contribution in [2.75, 3.05) is 0 Å². The lowest BCUT2D eigenvalue weighted by Crippen LogP contribution is -2.16. The van der Waals surface area contributed by atoms with Crippen LogP contribution in [0.1, 0.15) is 28.4 Å². The van der Waals surface area contributed by atoms with Crippen molar-refractivity contribution in [2.24, 2.45) is 5.16 Å². The smallest absolute Gasteiger partial charge is 0.214 e. The zero-order chi connectivity index (χ0) is 13.9. The monoisotopic (exact) mass is 268 g/mol. The third-order valence-corrected chi connectivity index (χ3v) is 3.22. The number of hydrogen-bond donors (Lipinski definition) is 1. The third kappa shape index (κ3) is 2.14. The second-order valence-electron chi connectivity index (χ2n) is 4.47. The molecule has 5 nitrogen and oxygen atoms in total. The fraction of sp³-hybridized carbons (Fsp3) is 0.133. The summed E-state index contributed by atoms with van der Waals surface area (Å²) in [6.07, 6.45) is 3.15. The van der Waals surface area contributed by atoms with E-state index < -0.39 is 6.10 Å². The minimum Gasteiger partial charge on any atom is -0.484 e. The molecule has 100 valence electrons. The van der Waals surface area contributed by atoms with Crippen molar-refractivity contribution in [3.8, 4) is 5.75 Å². The van der Waals surface area contributed by atoms with Gasteiger partial charge in [0.2, 0.25) is 5.78 Å². The molecule has 0 aliphatic carbocycles. The van der Waals surface area contributed by atoms with Gasteiger partial charge in [-0.05, 0) is 18.2 Å². The van der Waals surface area contributed by atoms with Crippen LogP contribution in [-0.2, 0) is 0 Å². The molecule has 2 aromatic rings. The molecule has 0 saturated carbocycles. The highest BCUT2D eigenvalue weighted by Gasteiger charge is 2.29. The van der Waals surface area contributed by atoms with Gasteiger partial charge in [0.1, 0.15) is 17.6 Å². The maximum atomic E-state index is 12.3. The van der Waals surface area contributed by atoms with E-state index in [1.807, 2.05) is 6.07 Å². The maximum Gasteiger partial charge on any atom is 0.214 e. The third-order valence-electron chi connectivity index (χ3n) is 3.22. The molecule has 1 aliphatic rings. The van der Waals surface area contributed by atoms with Gasteiger partial charge in [-0.15, -0.1) is 0 Å². The predicted octanol–water partition coefficient (Wildman–Crippen LogP) is 2.62. The Morgan fingerprint density at radius 3 is 2.85 bits per heavy atom. The van der Waals surface area contributed by atoms with E-state index in [1.54, 1.807) is 42.7 Å². The first-order chi connectivity index (χ1) is 9.79. The van der Waals surface area contributed by atoms with E-state index in [2.05, 4.69) is 10.1 Å². The Morgan fingerprint density at radius 2 is 2.10 bits per heavy atom. The number of nitrogens with zero attached hydrogens (tertiary/aromatic N) is 2. The first-order valence-electron chi connectivity index (χ1n) is 6.21. The second-order valence-corrected chi connectivity index (χ2v) is 4.47. The lowest BCUT2D eigenvalue weighted by Gasteiger charge is -2.16. The van der Waals surface area contributed by atoms with E-state index in [9.17, 15) is 4.79 Å². The highest BCUT2D eigenvalue weighted by Crippen LogP contribution is 2.32. The Morgan fingerprint density at radius 1 is 1.25 bits per heavy atom. The number of fused-ring (bicyclic) bond motifs is 1. The fourth-order valence-corrected chi connectivity index (χ4v) is 2.21. The van der Waals surface area contributed by atoms with Crippen LogP contribution in [0.15, 0.2) is 53.9 Å². The number of benzene rings is 1. The summed E-state index contributed by atoms with van der Waals surface area (Å²) in [6.45, 7) is 0. The van der Waals surface area contributed by atoms with E-state index in [0.717, 1.165) is 5.56 Å². The number of Topliss-reactive ketones (excluding diaryl/α,β-unsaturated/α-hetero) is 1. The zero-order valence-corrected chi connectivity index (χ0v) is 10.6. The highest BCUT2D eigenvalue weighted by molar-refractivity contribution is 6.46. The number of rotatable bonds is 1. The minimum atomic E-state index is -0.401. The van der Waals surface area contributed by atoms with Gasteiger partial charge in [0.15, 0.2) is 0 Å². The standard InChI is InChI=1S/C15H12N2O3/c18-15-11-5-1-2-6-13(11)20-14(8-12(15)17-19)10-4-3-7-16-9-10/h1-7,9,14,19H,8H2. The number of hydrogen-bond acceptors (Lipinski definition) is 5. The summed E-state index contributed by atoms with van der Waals surface area (Å²) in [5, 5.41) is 12.2. The highest BCUT2D eigenvalue weighted by atomic mass is 16.5. The van der Waals surface area contributed by atoms with Gasteiger partial charge in [-0.25, -0.2) is 0 Å². The number of pyridine rings is 1. The molecule has 0 saturated heterocycles. The summed E-state index contributed by atoms with van der Waals surface area (Å²) < 4.78 is 5.89. The summed E-state index contributed by atoms with van der Waals surface area (Å²) in [5.74, 6) is 0.180. The van der Waals surface area contributed by atoms with Crippen molar-refractivity contribution in [1.82, 2.24) is 4.98 Å². The Hall–Kier alpha value is -2.69. The van der Waals surface area contributed by atoms with Crippen LogP contribution >= 0.6 is 0 Å². The molecule has 1 atom stereocenters. The second kappa shape index (κ2) is 5.13. The number of aromatic nitrogens is 1. The lowest BCUT2D eigenvalue weighted by atomic mass is 10.0. The molecule has 1 aromatic heterocycles. The molecule has 1 aliphatic heterocycles. The van der Waals surface area contributed by atoms with Crippen LogP contribution in [-0.4, -0.2) is 21.7 Å². The van der Waals surface area contributed by atoms with Crippen LogP contribution in [0.4, 0.5) is 0 Å². The molecular weight excluding hydrogens is 256 g/mol. The Labute approximate surface area is 115 Å². The van der Waals surface area contributed by atoms with Crippen molar-refractivity contribution in [2.45, 2.75) is 12.5 Å². The molecule has 0 spiro atoms. The zero-order valence-electron chi connectivity index (χ0n) is 10.6. The van der Waals surface area contributed by atoms with E-state index in [4.69, 9.17) is 9.94 Å². The molecule has 3 rings (SSSR count). The van der Waals surface area contributed by atoms with Gasteiger partial charge in [-0.3, -0.25) is 9.78 Å². The quantitative estimate of drug-likeness (QED) is 0.637. The average molecular weight is 268 g/mol. The average Bonchev–Trinajstić information content (AvgIpc) is 2.65. The number of para-hydroxylation sites is 1. The molecule has 0 bridgehead atoms. The van der Waals surface area contributed by atoms with Gasteiger partial charge in [0.25, 0.3) is 0 Å². The van der Waals surface area contributed by atoms with E-state index in [0.29, 0.717) is 11.3 Å². The molecule has 0 amide bonds. The predicted molar refractivity (Wildman–Crippen MR) is 72.2 cm³/mol. The molecule has 5 heteroatoms. The summed E-state index contributed by atoms with van der Waals surface area (Å²) in [6, 6.07) is 10.6. The normalized spacial score (nSPS) is 20.1. The Kier molecular flexibility index (Phi) is 3.16. The maximum absolute atomic E-state index is 12.3. The lowest BCUT2D eigenvalue weighted by molar-refractivity contribution is 0.106. The van der Waals surface area contributed by atoms with Gasteiger partial charge in [0.05, 0.1) is 5.56 Å². The first kappa shape index (κ1) is 12.3. The molecule has 1 N–H and O–H groups in total. The van der Waals surface area contributed by atoms with Crippen molar-refractivity contribution in [3.63, 3.8) is 0 Å². The summed E-state index contributed by atoms with van der Waals surface area (Å²) in [5.41, 5.74) is 1.33. The molecule has 20 heavy (non-hydrogen) atoms. The van der Waals surface area contributed by atoms with Gasteiger partial charge in [0, 0.05) is 24.4 Å². The topological polar surface area (TPSA) is 71.8 Å². The number of carbonyl (C=O) groups is 1. The minimum absolute atomic E-state index is 0.0869. The molecule has 1 aromatic carbocycles. The van der Waals surface area contributed by atoms with E-state index >= 15 is 0 Å². The largest absolute Gasteiger partial charge is 0.484 e. The van der Waals surface area contributed by atoms with Crippen LogP contribution in [0.25, 0.3) is 0 Å². The van der Waals surface area contributed by atoms with Gasteiger partial charge in [-0.1, -0.05) is 23.4 Å². The molecule has 2 heterocycles. The molecule has 0 fully saturated rings. The number of ketones is 1. The molecule has 1 unspecified atom stereocenters. The molecular formula is C15H12N2O3. The van der Waals surface area contributed by atoms with Crippen LogP contribution in [0.5, 0.6) is 5.75 Å². The SMILES string of the molecule is O=C1C(=NO)CC(c2cccnc2)Oc2ccccc21. The van der Waals surface area contributed by atoms with Crippen molar-refractivity contribution < 1.29 is 14.7 Å². The van der Waals surface area contributed by atoms with Gasteiger partial charge in [-0.2, -0.15) is 0 Å². The van der Waals surface area contributed by atoms with E-state index in [-0.39, 0.29) is 17.9 Å². The summed E-state index contributed by atoms with van der Waals surface area (Å²) >= 11 is 0. The summed E-state index contributed by atoms with van der Waals surface area (Å²) in [4.78, 5) is 16.3. The Bertz CT molecular complexity index is 668.